The predicted octanol–water partition coefficient (Wildman–Crippen LogP) is 0.896. The lowest BCUT2D eigenvalue weighted by atomic mass is 10.3. The Labute approximate surface area is 66.7 Å². The zero-order chi connectivity index (χ0) is 8.53. The highest BCUT2D eigenvalue weighted by atomic mass is 14.8. The van der Waals surface area contributed by atoms with Gasteiger partial charge in [-0.25, -0.2) is 9.98 Å². The number of nitrogens with two attached hydrogens (primary N) is 1. The summed E-state index contributed by atoms with van der Waals surface area (Å²) in [6.45, 7) is 3.30. The summed E-state index contributed by atoms with van der Waals surface area (Å²) in [6, 6.07) is 2.55. The second-order valence-electron chi connectivity index (χ2n) is 2.08. The highest BCUT2D eigenvalue weighted by Crippen LogP contribution is 1.86. The van der Waals surface area contributed by atoms with Gasteiger partial charge in [0.05, 0.1) is 18.4 Å². The molecule has 0 aliphatic rings. The van der Waals surface area contributed by atoms with E-state index in [1.54, 1.807) is 0 Å². The number of amidine groups is 1. The molecule has 0 saturated heterocycles. The van der Waals surface area contributed by atoms with Gasteiger partial charge in [0.15, 0.2) is 0 Å². The summed E-state index contributed by atoms with van der Waals surface area (Å²) in [7, 11) is 0. The van der Waals surface area contributed by atoms with Gasteiger partial charge < -0.3 is 5.73 Å². The first-order valence-corrected chi connectivity index (χ1v) is 3.68. The van der Waals surface area contributed by atoms with Gasteiger partial charge in [-0.05, 0) is 13.3 Å². The quantitative estimate of drug-likeness (QED) is 0.344. The molecule has 0 fully saturated rings. The molecule has 0 aliphatic carbocycles. The highest BCUT2D eigenvalue weighted by molar-refractivity contribution is 5.76. The lowest BCUT2D eigenvalue weighted by Crippen LogP contribution is -2.09. The highest BCUT2D eigenvalue weighted by Gasteiger charge is 1.86. The Morgan fingerprint density at radius 1 is 1.55 bits per heavy atom. The van der Waals surface area contributed by atoms with Gasteiger partial charge in [-0.2, -0.15) is 0 Å². The Bertz CT molecular complexity index is 167. The number of hydrogen-bond donors (Lipinski definition) is 2. The maximum Gasteiger partial charge on any atom is 0.0906 e. The van der Waals surface area contributed by atoms with Crippen molar-refractivity contribution in [3.05, 3.63) is 0 Å². The molecule has 0 heterocycles. The van der Waals surface area contributed by atoms with Crippen LogP contribution in [0, 0.1) is 5.41 Å². The summed E-state index contributed by atoms with van der Waals surface area (Å²) in [6.07, 6.45) is 1.42. The molecule has 0 unspecified atom stereocenters. The molecule has 0 aromatic carbocycles. The molecule has 3 N–H and O–H groups in total. The molecule has 0 atom stereocenters. The third-order valence-electron chi connectivity index (χ3n) is 1.02. The van der Waals surface area contributed by atoms with E-state index in [4.69, 9.17) is 11.1 Å². The lowest BCUT2D eigenvalue weighted by molar-refractivity contribution is 0.872. The van der Waals surface area contributed by atoms with E-state index < -0.39 is 0 Å². The molecule has 0 bridgehead atoms. The molecule has 0 amide bonds. The van der Waals surface area contributed by atoms with Crippen LogP contribution in [-0.4, -0.2) is 24.9 Å². The molecule has 0 aromatic rings. The normalized spacial score (nSPS) is 8.45. The Hall–Kier alpha value is -1.15. The molecule has 4 nitrogen and oxygen atoms in total. The van der Waals surface area contributed by atoms with Crippen molar-refractivity contribution in [3.8, 4) is 0 Å². The molecular weight excluding hydrogens is 140 g/mol. The summed E-state index contributed by atoms with van der Waals surface area (Å²) in [5, 5.41) is 6.90. The summed E-state index contributed by atoms with van der Waals surface area (Å²) < 4.78 is 0. The maximum atomic E-state index is 6.90. The van der Waals surface area contributed by atoms with Gasteiger partial charge in [-0.15, -0.1) is 0 Å². The molecule has 0 aromatic heterocycles. The second-order valence-corrected chi connectivity index (χ2v) is 2.08. The van der Waals surface area contributed by atoms with Crippen LogP contribution in [0.1, 0.15) is 19.8 Å². The molecular formula is C7H14N4. The largest absolute Gasteiger partial charge is 0.388 e. The Kier molecular flexibility index (Phi) is 6.24. The van der Waals surface area contributed by atoms with Crippen molar-refractivity contribution in [2.75, 3.05) is 13.1 Å². The number of rotatable bonds is 5. The van der Waals surface area contributed by atoms with Crippen molar-refractivity contribution < 1.29 is 0 Å². The minimum absolute atomic E-state index is 0.215. The van der Waals surface area contributed by atoms with Gasteiger partial charge in [-0.1, -0.05) is 0 Å². The smallest absolute Gasteiger partial charge is 0.0906 e. The van der Waals surface area contributed by atoms with Crippen LogP contribution in [0.3, 0.4) is 0 Å². The maximum absolute atomic E-state index is 6.90. The Morgan fingerprint density at radius 2 is 2.27 bits per heavy atom. The number of nitrogens with one attached hydrogen (secondary N) is 1. The summed E-state index contributed by atoms with van der Waals surface area (Å²) in [5.74, 6) is 0.215. The topological polar surface area (TPSA) is 74.6 Å². The average Bonchev–Trinajstić information content (AvgIpc) is 1.96. The van der Waals surface area contributed by atoms with Gasteiger partial charge in [0, 0.05) is 13.0 Å². The first-order valence-electron chi connectivity index (χ1n) is 3.68. The van der Waals surface area contributed by atoms with Gasteiger partial charge >= 0.3 is 0 Å². The third-order valence-corrected chi connectivity index (χ3v) is 1.02. The van der Waals surface area contributed by atoms with Crippen molar-refractivity contribution in [3.63, 3.8) is 0 Å². The van der Waals surface area contributed by atoms with Crippen LogP contribution in [0.5, 0.6) is 0 Å². The van der Waals surface area contributed by atoms with Crippen molar-refractivity contribution in [2.45, 2.75) is 19.8 Å². The lowest BCUT2D eigenvalue weighted by Gasteiger charge is -1.91. The molecule has 0 aliphatic heterocycles. The molecule has 62 valence electrons. The van der Waals surface area contributed by atoms with Crippen LogP contribution in [0.4, 0.5) is 0 Å². The van der Waals surface area contributed by atoms with Crippen LogP contribution >= 0.6 is 0 Å². The Balaban J connectivity index is 3.27. The minimum Gasteiger partial charge on any atom is -0.388 e. The van der Waals surface area contributed by atoms with Gasteiger partial charge in [-0.3, -0.25) is 5.41 Å². The monoisotopic (exact) mass is 154 g/mol. The number of aliphatic imine (C=N–C) groups is 2. The molecule has 4 heteroatoms. The fourth-order valence-electron chi connectivity index (χ4n) is 0.519. The standard InChI is InChI=1S/C7H14N4/c1-2-10-6-11-5-3-4-7(8)9/h2-5H2,1H3,(H3,8,9). The van der Waals surface area contributed by atoms with E-state index in [0.29, 0.717) is 13.0 Å². The van der Waals surface area contributed by atoms with E-state index in [-0.39, 0.29) is 5.84 Å². The Morgan fingerprint density at radius 3 is 2.82 bits per heavy atom. The summed E-state index contributed by atoms with van der Waals surface area (Å²) in [4.78, 5) is 7.65. The van der Waals surface area contributed by atoms with Crippen molar-refractivity contribution in [1.82, 2.24) is 0 Å². The fourth-order valence-corrected chi connectivity index (χ4v) is 0.519. The van der Waals surface area contributed by atoms with Gasteiger partial charge in [0.2, 0.25) is 0 Å². The third kappa shape index (κ3) is 8.85. The predicted molar refractivity (Wildman–Crippen MR) is 46.4 cm³/mol. The van der Waals surface area contributed by atoms with Crippen LogP contribution in [0.15, 0.2) is 9.98 Å². The average molecular weight is 154 g/mol. The van der Waals surface area contributed by atoms with E-state index in [0.717, 1.165) is 13.0 Å². The minimum atomic E-state index is 0.215. The van der Waals surface area contributed by atoms with E-state index in [1.807, 2.05) is 6.92 Å². The van der Waals surface area contributed by atoms with Crippen LogP contribution in [-0.2, 0) is 0 Å². The van der Waals surface area contributed by atoms with Crippen molar-refractivity contribution >= 4 is 11.8 Å². The SMILES string of the molecule is CCN=C=NCCCC(=N)N. The van der Waals surface area contributed by atoms with Crippen LogP contribution < -0.4 is 5.73 Å². The van der Waals surface area contributed by atoms with E-state index in [2.05, 4.69) is 16.0 Å². The van der Waals surface area contributed by atoms with E-state index >= 15 is 0 Å². The first-order chi connectivity index (χ1) is 5.27. The van der Waals surface area contributed by atoms with Crippen molar-refractivity contribution in [1.29, 1.82) is 5.41 Å². The molecule has 0 radical (unpaired) electrons. The van der Waals surface area contributed by atoms with Gasteiger partial charge in [0.25, 0.3) is 0 Å². The zero-order valence-corrected chi connectivity index (χ0v) is 6.80. The zero-order valence-electron chi connectivity index (χ0n) is 6.80. The van der Waals surface area contributed by atoms with Crippen LogP contribution in [0.2, 0.25) is 0 Å². The van der Waals surface area contributed by atoms with Gasteiger partial charge in [0.1, 0.15) is 0 Å². The second kappa shape index (κ2) is 6.96. The van der Waals surface area contributed by atoms with E-state index in [9.17, 15) is 0 Å². The molecule has 0 saturated carbocycles. The summed E-state index contributed by atoms with van der Waals surface area (Å²) in [5.41, 5.74) is 5.13. The van der Waals surface area contributed by atoms with Crippen LogP contribution in [0.25, 0.3) is 0 Å². The number of hydrogen-bond acceptors (Lipinski definition) is 3. The first kappa shape index (κ1) is 9.85. The summed E-state index contributed by atoms with van der Waals surface area (Å²) >= 11 is 0. The molecule has 0 spiro atoms. The molecule has 0 rings (SSSR count). The fraction of sp³-hybridized carbons (Fsp3) is 0.714. The molecule has 11 heavy (non-hydrogen) atoms. The number of nitrogens with zero attached hydrogens (tertiary/aromatic N) is 2. The van der Waals surface area contributed by atoms with E-state index in [1.165, 1.54) is 0 Å². The van der Waals surface area contributed by atoms with Crippen molar-refractivity contribution in [2.24, 2.45) is 15.7 Å².